The van der Waals surface area contributed by atoms with E-state index in [1.165, 1.54) is 0 Å². The maximum atomic E-state index is 12.6. The van der Waals surface area contributed by atoms with Gasteiger partial charge in [-0.1, -0.05) is 6.07 Å². The smallest absolute Gasteiger partial charge is 0.254 e. The lowest BCUT2D eigenvalue weighted by atomic mass is 9.97. The van der Waals surface area contributed by atoms with Gasteiger partial charge in [-0.3, -0.25) is 9.89 Å². The lowest BCUT2D eigenvalue weighted by Crippen LogP contribution is -2.28. The summed E-state index contributed by atoms with van der Waals surface area (Å²) in [5.74, 6) is 0.0618. The Morgan fingerprint density at radius 2 is 2.35 bits per heavy atom. The number of anilines is 1. The van der Waals surface area contributed by atoms with Crippen LogP contribution in [0.3, 0.4) is 0 Å². The Balaban J connectivity index is 1.83. The second kappa shape index (κ2) is 5.36. The van der Waals surface area contributed by atoms with Crippen LogP contribution in [0.1, 0.15) is 27.9 Å². The predicted octanol–water partition coefficient (Wildman–Crippen LogP) is 2.04. The molecule has 3 rings (SSSR count). The molecule has 5 heteroatoms. The molecule has 0 aliphatic carbocycles. The minimum absolute atomic E-state index is 0.0618. The highest BCUT2D eigenvalue weighted by atomic mass is 16.2. The summed E-state index contributed by atoms with van der Waals surface area (Å²) < 4.78 is 0. The number of benzene rings is 1. The van der Waals surface area contributed by atoms with Crippen LogP contribution in [-0.4, -0.2) is 34.6 Å². The largest absolute Gasteiger partial charge is 0.385 e. The first kappa shape index (κ1) is 12.7. The molecular formula is C15H18N4O. The lowest BCUT2D eigenvalue weighted by molar-refractivity contribution is 0.0784. The van der Waals surface area contributed by atoms with Crippen LogP contribution in [0.15, 0.2) is 30.6 Å². The molecule has 1 aliphatic rings. The monoisotopic (exact) mass is 270 g/mol. The molecule has 0 unspecified atom stereocenters. The van der Waals surface area contributed by atoms with Crippen LogP contribution in [0.2, 0.25) is 0 Å². The van der Waals surface area contributed by atoms with Gasteiger partial charge >= 0.3 is 0 Å². The summed E-state index contributed by atoms with van der Waals surface area (Å²) in [7, 11) is 1.82. The summed E-state index contributed by atoms with van der Waals surface area (Å²) in [5, 5.41) is 10.0. The minimum atomic E-state index is 0.0618. The SMILES string of the molecule is CN(Cc1cn[nH]c1)C(=O)c1cccc2c1CCCN2. The van der Waals surface area contributed by atoms with E-state index in [2.05, 4.69) is 15.5 Å². The molecule has 0 saturated heterocycles. The van der Waals surface area contributed by atoms with Crippen LogP contribution in [0, 0.1) is 0 Å². The Labute approximate surface area is 118 Å². The van der Waals surface area contributed by atoms with Gasteiger partial charge in [0.1, 0.15) is 0 Å². The van der Waals surface area contributed by atoms with Gasteiger partial charge in [0.15, 0.2) is 0 Å². The van der Waals surface area contributed by atoms with Crippen LogP contribution >= 0.6 is 0 Å². The number of rotatable bonds is 3. The number of fused-ring (bicyclic) bond motifs is 1. The maximum absolute atomic E-state index is 12.6. The van der Waals surface area contributed by atoms with Crippen LogP contribution in [0.4, 0.5) is 5.69 Å². The summed E-state index contributed by atoms with van der Waals surface area (Å²) >= 11 is 0. The molecule has 0 radical (unpaired) electrons. The molecule has 2 N–H and O–H groups in total. The van der Waals surface area contributed by atoms with Crippen molar-refractivity contribution in [2.75, 3.05) is 18.9 Å². The number of H-pyrrole nitrogens is 1. The van der Waals surface area contributed by atoms with Crippen LogP contribution in [0.25, 0.3) is 0 Å². The first-order chi connectivity index (χ1) is 9.75. The molecule has 2 heterocycles. The number of carbonyl (C=O) groups excluding carboxylic acids is 1. The van der Waals surface area contributed by atoms with Crippen molar-refractivity contribution in [2.24, 2.45) is 0 Å². The van der Waals surface area contributed by atoms with E-state index in [-0.39, 0.29) is 5.91 Å². The molecule has 0 saturated carbocycles. The quantitative estimate of drug-likeness (QED) is 0.897. The van der Waals surface area contributed by atoms with E-state index in [0.29, 0.717) is 6.54 Å². The zero-order chi connectivity index (χ0) is 13.9. The molecule has 1 aliphatic heterocycles. The van der Waals surface area contributed by atoms with Crippen molar-refractivity contribution in [1.29, 1.82) is 0 Å². The van der Waals surface area contributed by atoms with E-state index in [1.807, 2.05) is 31.4 Å². The number of nitrogens with one attached hydrogen (secondary N) is 2. The van der Waals surface area contributed by atoms with Gasteiger partial charge in [-0.05, 0) is 30.5 Å². The highest BCUT2D eigenvalue weighted by Gasteiger charge is 2.20. The molecule has 5 nitrogen and oxygen atoms in total. The molecule has 2 aromatic rings. The Morgan fingerprint density at radius 3 is 3.15 bits per heavy atom. The number of hydrogen-bond donors (Lipinski definition) is 2. The lowest BCUT2D eigenvalue weighted by Gasteiger charge is -2.23. The fourth-order valence-electron chi connectivity index (χ4n) is 2.63. The Kier molecular flexibility index (Phi) is 3.41. The van der Waals surface area contributed by atoms with Crippen LogP contribution < -0.4 is 5.32 Å². The fraction of sp³-hybridized carbons (Fsp3) is 0.333. The minimum Gasteiger partial charge on any atom is -0.385 e. The second-order valence-corrected chi connectivity index (χ2v) is 5.13. The summed E-state index contributed by atoms with van der Waals surface area (Å²) in [6.45, 7) is 1.54. The second-order valence-electron chi connectivity index (χ2n) is 5.13. The van der Waals surface area contributed by atoms with E-state index in [0.717, 1.165) is 41.8 Å². The van der Waals surface area contributed by atoms with Gasteiger partial charge in [0.2, 0.25) is 0 Å². The third-order valence-electron chi connectivity index (χ3n) is 3.65. The van der Waals surface area contributed by atoms with E-state index in [1.54, 1.807) is 11.1 Å². The maximum Gasteiger partial charge on any atom is 0.254 e. The first-order valence-corrected chi connectivity index (χ1v) is 6.84. The summed E-state index contributed by atoms with van der Waals surface area (Å²) in [5.41, 5.74) is 4.05. The Hall–Kier alpha value is -2.30. The molecule has 1 amide bonds. The van der Waals surface area contributed by atoms with Crippen molar-refractivity contribution in [3.8, 4) is 0 Å². The van der Waals surface area contributed by atoms with Gasteiger partial charge in [-0.25, -0.2) is 0 Å². The third-order valence-corrected chi connectivity index (χ3v) is 3.65. The van der Waals surface area contributed by atoms with Gasteiger partial charge < -0.3 is 10.2 Å². The molecule has 0 atom stereocenters. The summed E-state index contributed by atoms with van der Waals surface area (Å²) in [6.07, 6.45) is 5.59. The van der Waals surface area contributed by atoms with Crippen LogP contribution in [-0.2, 0) is 13.0 Å². The molecule has 104 valence electrons. The topological polar surface area (TPSA) is 61.0 Å². The molecule has 0 bridgehead atoms. The summed E-state index contributed by atoms with van der Waals surface area (Å²) in [6, 6.07) is 5.90. The molecule has 0 fully saturated rings. The van der Waals surface area contributed by atoms with Crippen molar-refractivity contribution < 1.29 is 4.79 Å². The number of aromatic amines is 1. The van der Waals surface area contributed by atoms with Gasteiger partial charge in [-0.15, -0.1) is 0 Å². The molecule has 1 aromatic heterocycles. The van der Waals surface area contributed by atoms with Gasteiger partial charge in [0, 0.05) is 43.1 Å². The number of hydrogen-bond acceptors (Lipinski definition) is 3. The fourth-order valence-corrected chi connectivity index (χ4v) is 2.63. The molecule has 0 spiro atoms. The molecule has 1 aromatic carbocycles. The van der Waals surface area contributed by atoms with E-state index >= 15 is 0 Å². The van der Waals surface area contributed by atoms with E-state index < -0.39 is 0 Å². The zero-order valence-electron chi connectivity index (χ0n) is 11.5. The normalized spacial score (nSPS) is 13.4. The molecular weight excluding hydrogens is 252 g/mol. The number of carbonyl (C=O) groups is 1. The van der Waals surface area contributed by atoms with Gasteiger partial charge in [-0.2, -0.15) is 5.10 Å². The van der Waals surface area contributed by atoms with Gasteiger partial charge in [0.05, 0.1) is 6.20 Å². The standard InChI is InChI=1S/C15H18N4O/c1-19(10-11-8-17-18-9-11)15(20)13-4-2-6-14-12(13)5-3-7-16-14/h2,4,6,8-9,16H,3,5,7,10H2,1H3,(H,17,18). The first-order valence-electron chi connectivity index (χ1n) is 6.84. The summed E-state index contributed by atoms with van der Waals surface area (Å²) in [4.78, 5) is 14.3. The highest BCUT2D eigenvalue weighted by molar-refractivity contribution is 5.97. The van der Waals surface area contributed by atoms with Crippen molar-refractivity contribution in [1.82, 2.24) is 15.1 Å². The van der Waals surface area contributed by atoms with E-state index in [9.17, 15) is 4.79 Å². The van der Waals surface area contributed by atoms with Crippen molar-refractivity contribution in [3.05, 3.63) is 47.3 Å². The number of nitrogens with zero attached hydrogens (tertiary/aromatic N) is 2. The highest BCUT2D eigenvalue weighted by Crippen LogP contribution is 2.26. The third kappa shape index (κ3) is 2.39. The van der Waals surface area contributed by atoms with Crippen molar-refractivity contribution in [3.63, 3.8) is 0 Å². The Morgan fingerprint density at radius 1 is 1.45 bits per heavy atom. The predicted molar refractivity (Wildman–Crippen MR) is 77.6 cm³/mol. The molecule has 20 heavy (non-hydrogen) atoms. The van der Waals surface area contributed by atoms with Crippen LogP contribution in [0.5, 0.6) is 0 Å². The zero-order valence-corrected chi connectivity index (χ0v) is 11.5. The van der Waals surface area contributed by atoms with E-state index in [4.69, 9.17) is 0 Å². The average molecular weight is 270 g/mol. The number of amides is 1. The van der Waals surface area contributed by atoms with Crippen molar-refractivity contribution >= 4 is 11.6 Å². The average Bonchev–Trinajstić information content (AvgIpc) is 2.99. The van der Waals surface area contributed by atoms with Crippen molar-refractivity contribution in [2.45, 2.75) is 19.4 Å². The Bertz CT molecular complexity index is 606. The van der Waals surface area contributed by atoms with Gasteiger partial charge in [0.25, 0.3) is 5.91 Å². The number of aromatic nitrogens is 2.